The van der Waals surface area contributed by atoms with Crippen LogP contribution in [0.4, 0.5) is 39.8 Å². The van der Waals surface area contributed by atoms with Crippen molar-refractivity contribution in [2.24, 2.45) is 5.92 Å². The van der Waals surface area contributed by atoms with Gasteiger partial charge in [-0.2, -0.15) is 13.2 Å². The molecule has 0 aromatic heterocycles. The van der Waals surface area contributed by atoms with Crippen LogP contribution >= 0.6 is 0 Å². The Balaban J connectivity index is 1.96. The van der Waals surface area contributed by atoms with Gasteiger partial charge in [-0.3, -0.25) is 0 Å². The third kappa shape index (κ3) is 9.34. The Bertz CT molecular complexity index is 1430. The molecule has 13 heteroatoms. The standard InChI is InChI=1S/C31H42F3N3O6S/c1-7-21(8-2)20-30(40)13-15-36(16-14-30)27(38)35-23-17-22(31(32,33)34)18-25(19-23)37(28(39)43-29(3,4)5)24-9-11-26(12-10-24)44(6,41)42/h9-12,17-19,21,40H,7-8,13-16,20H2,1-6H3,(H,35,38). The molecule has 244 valence electrons. The number of sulfone groups is 1. The lowest BCUT2D eigenvalue weighted by Gasteiger charge is -2.39. The van der Waals surface area contributed by atoms with Gasteiger partial charge in [-0.15, -0.1) is 0 Å². The lowest BCUT2D eigenvalue weighted by molar-refractivity contribution is -0.137. The van der Waals surface area contributed by atoms with Crippen molar-refractivity contribution in [1.82, 2.24) is 4.90 Å². The van der Waals surface area contributed by atoms with Crippen LogP contribution in [0.1, 0.15) is 72.3 Å². The summed E-state index contributed by atoms with van der Waals surface area (Å²) < 4.78 is 71.6. The molecular weight excluding hydrogens is 599 g/mol. The third-order valence-electron chi connectivity index (χ3n) is 7.66. The summed E-state index contributed by atoms with van der Waals surface area (Å²) in [6.07, 6.45) is -1.64. The molecule has 0 unspecified atom stereocenters. The lowest BCUT2D eigenvalue weighted by atomic mass is 9.81. The Morgan fingerprint density at radius 1 is 1.02 bits per heavy atom. The van der Waals surface area contributed by atoms with Crippen molar-refractivity contribution in [1.29, 1.82) is 0 Å². The number of urea groups is 1. The van der Waals surface area contributed by atoms with E-state index in [1.807, 2.05) is 0 Å². The van der Waals surface area contributed by atoms with Gasteiger partial charge >= 0.3 is 18.3 Å². The first kappa shape index (κ1) is 35.2. The molecule has 2 aromatic carbocycles. The molecule has 2 N–H and O–H groups in total. The second-order valence-electron chi connectivity index (χ2n) is 12.4. The van der Waals surface area contributed by atoms with E-state index >= 15 is 0 Å². The maximum absolute atomic E-state index is 14.1. The number of rotatable bonds is 8. The third-order valence-corrected chi connectivity index (χ3v) is 8.79. The second-order valence-corrected chi connectivity index (χ2v) is 14.4. The molecule has 0 saturated carbocycles. The van der Waals surface area contributed by atoms with Crippen LogP contribution < -0.4 is 10.2 Å². The Kier molecular flexibility index (Phi) is 10.7. The molecule has 0 aliphatic carbocycles. The monoisotopic (exact) mass is 641 g/mol. The van der Waals surface area contributed by atoms with E-state index in [9.17, 15) is 36.3 Å². The van der Waals surface area contributed by atoms with Crippen LogP contribution in [0, 0.1) is 5.92 Å². The second kappa shape index (κ2) is 13.4. The van der Waals surface area contributed by atoms with Crippen LogP contribution in [0.2, 0.25) is 0 Å². The number of alkyl halides is 3. The molecule has 1 aliphatic rings. The number of anilines is 3. The highest BCUT2D eigenvalue weighted by atomic mass is 32.2. The summed E-state index contributed by atoms with van der Waals surface area (Å²) in [6.45, 7) is 9.37. The number of carbonyl (C=O) groups is 2. The van der Waals surface area contributed by atoms with Gasteiger partial charge < -0.3 is 20.1 Å². The van der Waals surface area contributed by atoms with E-state index in [2.05, 4.69) is 19.2 Å². The van der Waals surface area contributed by atoms with Crippen molar-refractivity contribution in [2.75, 3.05) is 29.6 Å². The molecule has 44 heavy (non-hydrogen) atoms. The van der Waals surface area contributed by atoms with Crippen molar-refractivity contribution in [3.63, 3.8) is 0 Å². The predicted molar refractivity (Wildman–Crippen MR) is 163 cm³/mol. The number of piperidine rings is 1. The number of hydrogen-bond acceptors (Lipinski definition) is 6. The highest BCUT2D eigenvalue weighted by Gasteiger charge is 2.37. The van der Waals surface area contributed by atoms with Gasteiger partial charge in [0.1, 0.15) is 5.60 Å². The zero-order chi connectivity index (χ0) is 33.1. The minimum absolute atomic E-state index is 0.0456. The Labute approximate surface area is 257 Å². The zero-order valence-corrected chi connectivity index (χ0v) is 26.8. The molecule has 1 aliphatic heterocycles. The maximum Gasteiger partial charge on any atom is 0.419 e. The van der Waals surface area contributed by atoms with Crippen LogP contribution in [-0.2, 0) is 20.8 Å². The van der Waals surface area contributed by atoms with Gasteiger partial charge in [0, 0.05) is 25.0 Å². The summed E-state index contributed by atoms with van der Waals surface area (Å²) in [7, 11) is -3.58. The van der Waals surface area contributed by atoms with E-state index in [0.29, 0.717) is 25.2 Å². The number of hydrogen-bond donors (Lipinski definition) is 2. The fraction of sp³-hybridized carbons (Fsp3) is 0.548. The molecule has 0 bridgehead atoms. The molecule has 3 amide bonds. The molecule has 0 spiro atoms. The molecule has 3 rings (SSSR count). The highest BCUT2D eigenvalue weighted by molar-refractivity contribution is 7.90. The quantitative estimate of drug-likeness (QED) is 0.311. The van der Waals surface area contributed by atoms with Crippen molar-refractivity contribution in [3.05, 3.63) is 48.0 Å². The number of amides is 3. The fourth-order valence-electron chi connectivity index (χ4n) is 5.13. The number of carbonyl (C=O) groups excluding carboxylic acids is 2. The van der Waals surface area contributed by atoms with E-state index in [0.717, 1.165) is 36.1 Å². The van der Waals surface area contributed by atoms with Crippen molar-refractivity contribution >= 4 is 39.0 Å². The molecule has 2 aromatic rings. The van der Waals surface area contributed by atoms with E-state index in [4.69, 9.17) is 4.74 Å². The normalized spacial score (nSPS) is 15.7. The maximum atomic E-state index is 14.1. The summed E-state index contributed by atoms with van der Waals surface area (Å²) in [5, 5.41) is 13.6. The lowest BCUT2D eigenvalue weighted by Crippen LogP contribution is -2.48. The van der Waals surface area contributed by atoms with Gasteiger partial charge in [-0.1, -0.05) is 26.7 Å². The summed E-state index contributed by atoms with van der Waals surface area (Å²) in [6, 6.07) is 7.15. The molecule has 1 saturated heterocycles. The Morgan fingerprint density at radius 2 is 1.59 bits per heavy atom. The SMILES string of the molecule is CCC(CC)CC1(O)CCN(C(=O)Nc2cc(N(C(=O)OC(C)(C)C)c3ccc(S(C)(=O)=O)cc3)cc(C(F)(F)F)c2)CC1. The molecule has 0 atom stereocenters. The van der Waals surface area contributed by atoms with Gasteiger partial charge in [0.2, 0.25) is 0 Å². The number of nitrogens with zero attached hydrogens (tertiary/aromatic N) is 2. The average Bonchev–Trinajstić information content (AvgIpc) is 2.90. The number of benzene rings is 2. The van der Waals surface area contributed by atoms with Crippen molar-refractivity contribution in [3.8, 4) is 0 Å². The summed E-state index contributed by atoms with van der Waals surface area (Å²) in [5.74, 6) is 0.361. The first-order valence-electron chi connectivity index (χ1n) is 14.6. The number of halogens is 3. The molecule has 9 nitrogen and oxygen atoms in total. The topological polar surface area (TPSA) is 116 Å². The van der Waals surface area contributed by atoms with E-state index < -0.39 is 44.9 Å². The van der Waals surface area contributed by atoms with Gasteiger partial charge in [0.25, 0.3) is 0 Å². The van der Waals surface area contributed by atoms with Crippen LogP contribution in [0.5, 0.6) is 0 Å². The van der Waals surface area contributed by atoms with Gasteiger partial charge in [-0.25, -0.2) is 22.9 Å². The summed E-state index contributed by atoms with van der Waals surface area (Å²) in [5.41, 5.74) is -3.45. The predicted octanol–water partition coefficient (Wildman–Crippen LogP) is 7.37. The van der Waals surface area contributed by atoms with Crippen LogP contribution in [-0.4, -0.2) is 61.1 Å². The highest BCUT2D eigenvalue weighted by Crippen LogP contribution is 2.38. The minimum atomic E-state index is -4.83. The fourth-order valence-corrected chi connectivity index (χ4v) is 5.76. The minimum Gasteiger partial charge on any atom is -0.443 e. The van der Waals surface area contributed by atoms with Crippen LogP contribution in [0.25, 0.3) is 0 Å². The van der Waals surface area contributed by atoms with Gasteiger partial charge in [0.05, 0.1) is 27.4 Å². The average molecular weight is 642 g/mol. The Morgan fingerprint density at radius 3 is 2.07 bits per heavy atom. The molecule has 1 heterocycles. The number of aliphatic hydroxyl groups is 1. The van der Waals surface area contributed by atoms with E-state index in [1.165, 1.54) is 35.2 Å². The Hall–Kier alpha value is -3.32. The molecule has 0 radical (unpaired) electrons. The first-order chi connectivity index (χ1) is 20.2. The van der Waals surface area contributed by atoms with Crippen molar-refractivity contribution < 1.29 is 41.0 Å². The summed E-state index contributed by atoms with van der Waals surface area (Å²) >= 11 is 0. The van der Waals surface area contributed by atoms with Crippen LogP contribution in [0.15, 0.2) is 47.4 Å². The smallest absolute Gasteiger partial charge is 0.419 e. The molecule has 1 fully saturated rings. The van der Waals surface area contributed by atoms with Gasteiger partial charge in [-0.05, 0) is 88.4 Å². The number of likely N-dealkylation sites (tertiary alicyclic amines) is 1. The van der Waals surface area contributed by atoms with Gasteiger partial charge in [0.15, 0.2) is 9.84 Å². The number of nitrogens with one attached hydrogen (secondary N) is 1. The van der Waals surface area contributed by atoms with Crippen molar-refractivity contribution in [2.45, 2.75) is 89.0 Å². The first-order valence-corrected chi connectivity index (χ1v) is 16.5. The van der Waals surface area contributed by atoms with E-state index in [-0.39, 0.29) is 35.0 Å². The van der Waals surface area contributed by atoms with E-state index in [1.54, 1.807) is 20.8 Å². The van der Waals surface area contributed by atoms with Crippen LogP contribution in [0.3, 0.4) is 0 Å². The zero-order valence-electron chi connectivity index (χ0n) is 26.0. The molecular formula is C31H42F3N3O6S. The number of ether oxygens (including phenoxy) is 1. The summed E-state index contributed by atoms with van der Waals surface area (Å²) in [4.78, 5) is 28.8. The largest absolute Gasteiger partial charge is 0.443 e.